The summed E-state index contributed by atoms with van der Waals surface area (Å²) in [6, 6.07) is 6.56. The van der Waals surface area contributed by atoms with Gasteiger partial charge in [-0.3, -0.25) is 4.79 Å². The molecule has 0 aliphatic carbocycles. The normalized spacial score (nSPS) is 17.9. The minimum Gasteiger partial charge on any atom is -0.395 e. The van der Waals surface area contributed by atoms with Gasteiger partial charge in [-0.1, -0.05) is 32.8 Å². The molecule has 1 heterocycles. The molecular weight excluding hydrogens is 288 g/mol. The van der Waals surface area contributed by atoms with Gasteiger partial charge in [0.05, 0.1) is 6.61 Å². The highest BCUT2D eigenvalue weighted by Crippen LogP contribution is 2.34. The van der Waals surface area contributed by atoms with Crippen LogP contribution in [0.1, 0.15) is 52.0 Å². The van der Waals surface area contributed by atoms with E-state index in [1.165, 1.54) is 5.56 Å². The Hall–Kier alpha value is -1.55. The van der Waals surface area contributed by atoms with Crippen LogP contribution in [0.5, 0.6) is 0 Å². The molecule has 2 rings (SSSR count). The predicted molar refractivity (Wildman–Crippen MR) is 96.0 cm³/mol. The summed E-state index contributed by atoms with van der Waals surface area (Å²) in [6.45, 7) is 7.19. The van der Waals surface area contributed by atoms with E-state index < -0.39 is 0 Å². The maximum atomic E-state index is 12.5. The molecule has 1 aromatic carbocycles. The molecule has 1 aliphatic heterocycles. The first-order valence-corrected chi connectivity index (χ1v) is 8.91. The van der Waals surface area contributed by atoms with E-state index >= 15 is 0 Å². The highest BCUT2D eigenvalue weighted by atomic mass is 16.3. The van der Waals surface area contributed by atoms with E-state index in [1.807, 2.05) is 6.07 Å². The van der Waals surface area contributed by atoms with E-state index in [0.717, 1.165) is 43.5 Å². The van der Waals surface area contributed by atoms with Gasteiger partial charge in [0, 0.05) is 29.9 Å². The van der Waals surface area contributed by atoms with Crippen LogP contribution in [-0.2, 0) is 11.2 Å². The van der Waals surface area contributed by atoms with Crippen molar-refractivity contribution in [3.05, 3.63) is 23.8 Å². The van der Waals surface area contributed by atoms with Crippen molar-refractivity contribution in [1.82, 2.24) is 0 Å². The maximum Gasteiger partial charge on any atom is 0.227 e. The van der Waals surface area contributed by atoms with Crippen molar-refractivity contribution in [2.24, 2.45) is 5.92 Å². The molecule has 2 atom stereocenters. The summed E-state index contributed by atoms with van der Waals surface area (Å²) in [5.74, 6) is 0.219. The molecular formula is C19H30N2O2. The number of nitrogens with zero attached hydrogens (tertiary/aromatic N) is 1. The van der Waals surface area contributed by atoms with Gasteiger partial charge < -0.3 is 15.3 Å². The molecule has 4 nitrogen and oxygen atoms in total. The van der Waals surface area contributed by atoms with Gasteiger partial charge in [-0.25, -0.2) is 0 Å². The lowest BCUT2D eigenvalue weighted by atomic mass is 9.98. The molecule has 0 saturated carbocycles. The van der Waals surface area contributed by atoms with E-state index in [4.69, 9.17) is 0 Å². The number of hydrogen-bond acceptors (Lipinski definition) is 3. The van der Waals surface area contributed by atoms with Gasteiger partial charge in [0.2, 0.25) is 5.91 Å². The van der Waals surface area contributed by atoms with Crippen LogP contribution in [0, 0.1) is 5.92 Å². The molecule has 1 amide bonds. The van der Waals surface area contributed by atoms with Gasteiger partial charge in [-0.05, 0) is 43.9 Å². The van der Waals surface area contributed by atoms with Crippen molar-refractivity contribution >= 4 is 17.3 Å². The number of benzene rings is 1. The molecule has 0 spiro atoms. The summed E-state index contributed by atoms with van der Waals surface area (Å²) in [6.07, 6.45) is 5.05. The third-order valence-electron chi connectivity index (χ3n) is 4.82. The Labute approximate surface area is 139 Å². The monoisotopic (exact) mass is 318 g/mol. The first kappa shape index (κ1) is 17.8. The molecule has 0 bridgehead atoms. The van der Waals surface area contributed by atoms with Gasteiger partial charge >= 0.3 is 0 Å². The number of unbranched alkanes of at least 4 members (excludes halogenated alkanes) is 1. The van der Waals surface area contributed by atoms with Crippen LogP contribution < -0.4 is 10.2 Å². The molecule has 1 aliphatic rings. The Kier molecular flexibility index (Phi) is 6.46. The van der Waals surface area contributed by atoms with Crippen molar-refractivity contribution in [3.8, 4) is 0 Å². The number of aliphatic hydroxyl groups excluding tert-OH is 1. The van der Waals surface area contributed by atoms with Crippen LogP contribution in [0.15, 0.2) is 18.2 Å². The van der Waals surface area contributed by atoms with Crippen molar-refractivity contribution in [2.75, 3.05) is 23.4 Å². The second kappa shape index (κ2) is 8.34. The van der Waals surface area contributed by atoms with Gasteiger partial charge in [-0.2, -0.15) is 0 Å². The lowest BCUT2D eigenvalue weighted by Gasteiger charge is -2.24. The second-order valence-electron chi connectivity index (χ2n) is 6.55. The number of carbonyl (C=O) groups excluding carboxylic acids is 1. The highest BCUT2D eigenvalue weighted by Gasteiger charge is 2.26. The van der Waals surface area contributed by atoms with Crippen LogP contribution >= 0.6 is 0 Å². The van der Waals surface area contributed by atoms with Crippen LogP contribution in [-0.4, -0.2) is 30.2 Å². The third kappa shape index (κ3) is 4.25. The largest absolute Gasteiger partial charge is 0.395 e. The fraction of sp³-hybridized carbons (Fsp3) is 0.632. The summed E-state index contributed by atoms with van der Waals surface area (Å²) in [5.41, 5.74) is 3.30. The van der Waals surface area contributed by atoms with E-state index in [0.29, 0.717) is 12.6 Å². The molecule has 2 unspecified atom stereocenters. The topological polar surface area (TPSA) is 52.6 Å². The average Bonchev–Trinajstić information content (AvgIpc) is 2.84. The molecule has 0 saturated heterocycles. The molecule has 128 valence electrons. The number of carbonyl (C=O) groups is 1. The minimum absolute atomic E-state index is 0.0932. The van der Waals surface area contributed by atoms with E-state index in [-0.39, 0.29) is 18.4 Å². The number of aliphatic hydroxyl groups is 1. The Bertz CT molecular complexity index is 530. The van der Waals surface area contributed by atoms with Crippen molar-refractivity contribution in [3.63, 3.8) is 0 Å². The fourth-order valence-corrected chi connectivity index (χ4v) is 3.41. The SMILES string of the molecule is CCCCC(CC)C(=O)Nc1ccc2c(c1)N(CCO)C(C)C2. The van der Waals surface area contributed by atoms with E-state index in [2.05, 4.69) is 43.1 Å². The molecule has 23 heavy (non-hydrogen) atoms. The molecule has 2 N–H and O–H groups in total. The number of β-amino-alcohol motifs (C(OH)–C–C–N with tert-alkyl or cyclic N) is 1. The molecule has 0 fully saturated rings. The smallest absolute Gasteiger partial charge is 0.227 e. The lowest BCUT2D eigenvalue weighted by molar-refractivity contribution is -0.120. The Morgan fingerprint density at radius 3 is 2.87 bits per heavy atom. The Morgan fingerprint density at radius 1 is 1.43 bits per heavy atom. The summed E-state index contributed by atoms with van der Waals surface area (Å²) < 4.78 is 0. The van der Waals surface area contributed by atoms with Crippen LogP contribution in [0.2, 0.25) is 0 Å². The maximum absolute atomic E-state index is 12.5. The number of hydrogen-bond donors (Lipinski definition) is 2. The van der Waals surface area contributed by atoms with Gasteiger partial charge in [0.25, 0.3) is 0 Å². The van der Waals surface area contributed by atoms with E-state index in [1.54, 1.807) is 0 Å². The summed E-state index contributed by atoms with van der Waals surface area (Å²) in [4.78, 5) is 14.7. The average molecular weight is 318 g/mol. The number of amides is 1. The Morgan fingerprint density at radius 2 is 2.22 bits per heavy atom. The van der Waals surface area contributed by atoms with Gasteiger partial charge in [0.1, 0.15) is 0 Å². The number of fused-ring (bicyclic) bond motifs is 1. The standard InChI is InChI=1S/C19H30N2O2/c1-4-6-7-15(5-2)19(23)20-17-9-8-16-12-14(3)21(10-11-22)18(16)13-17/h8-9,13-15,22H,4-7,10-12H2,1-3H3,(H,20,23). The number of rotatable bonds is 8. The quantitative estimate of drug-likeness (QED) is 0.770. The predicted octanol–water partition coefficient (Wildman–Crippen LogP) is 3.58. The fourth-order valence-electron chi connectivity index (χ4n) is 3.41. The molecule has 0 aromatic heterocycles. The Balaban J connectivity index is 2.09. The first-order chi connectivity index (χ1) is 11.1. The minimum atomic E-state index is 0.0932. The number of anilines is 2. The molecule has 4 heteroatoms. The summed E-state index contributed by atoms with van der Waals surface area (Å²) in [5, 5.41) is 12.3. The zero-order valence-corrected chi connectivity index (χ0v) is 14.6. The zero-order chi connectivity index (χ0) is 16.8. The van der Waals surface area contributed by atoms with Crippen molar-refractivity contribution in [2.45, 2.75) is 58.9 Å². The van der Waals surface area contributed by atoms with Crippen LogP contribution in [0.25, 0.3) is 0 Å². The first-order valence-electron chi connectivity index (χ1n) is 8.91. The molecule has 0 radical (unpaired) electrons. The zero-order valence-electron chi connectivity index (χ0n) is 14.6. The number of nitrogens with one attached hydrogen (secondary N) is 1. The summed E-state index contributed by atoms with van der Waals surface area (Å²) in [7, 11) is 0. The van der Waals surface area contributed by atoms with E-state index in [9.17, 15) is 9.90 Å². The van der Waals surface area contributed by atoms with Gasteiger partial charge in [0.15, 0.2) is 0 Å². The van der Waals surface area contributed by atoms with Gasteiger partial charge in [-0.15, -0.1) is 0 Å². The molecule has 1 aromatic rings. The highest BCUT2D eigenvalue weighted by molar-refractivity contribution is 5.93. The summed E-state index contributed by atoms with van der Waals surface area (Å²) >= 11 is 0. The van der Waals surface area contributed by atoms with Crippen molar-refractivity contribution < 1.29 is 9.90 Å². The van der Waals surface area contributed by atoms with Crippen molar-refractivity contribution in [1.29, 1.82) is 0 Å². The van der Waals surface area contributed by atoms with Crippen LogP contribution in [0.3, 0.4) is 0 Å². The lowest BCUT2D eigenvalue weighted by Crippen LogP contribution is -2.32. The third-order valence-corrected chi connectivity index (χ3v) is 4.82. The second-order valence-corrected chi connectivity index (χ2v) is 6.55. The van der Waals surface area contributed by atoms with Crippen LogP contribution in [0.4, 0.5) is 11.4 Å².